The number of hydrogen-bond donors (Lipinski definition) is 0. The summed E-state index contributed by atoms with van der Waals surface area (Å²) in [6.45, 7) is 6.02. The molecule has 7 heteroatoms. The zero-order valence-corrected chi connectivity index (χ0v) is 16.8. The Morgan fingerprint density at radius 1 is 1.03 bits per heavy atom. The number of aromatic nitrogens is 1. The van der Waals surface area contributed by atoms with Crippen LogP contribution in [0.15, 0.2) is 53.3 Å². The summed E-state index contributed by atoms with van der Waals surface area (Å²) in [6, 6.07) is 13.9. The molecule has 2 aliphatic heterocycles. The molecule has 3 aromatic rings. The molecule has 1 amide bonds. The van der Waals surface area contributed by atoms with Crippen LogP contribution in [0.25, 0.3) is 11.3 Å². The summed E-state index contributed by atoms with van der Waals surface area (Å²) in [6.07, 6.45) is 1.35. The van der Waals surface area contributed by atoms with Crippen molar-refractivity contribution in [3.8, 4) is 22.8 Å². The van der Waals surface area contributed by atoms with Gasteiger partial charge >= 0.3 is 0 Å². The highest BCUT2D eigenvalue weighted by atomic mass is 16.7. The summed E-state index contributed by atoms with van der Waals surface area (Å²) in [7, 11) is 0. The molecule has 0 atom stereocenters. The van der Waals surface area contributed by atoms with Gasteiger partial charge in [0.1, 0.15) is 0 Å². The molecule has 3 heterocycles. The summed E-state index contributed by atoms with van der Waals surface area (Å²) in [5.74, 6) is 2.06. The predicted octanol–water partition coefficient (Wildman–Crippen LogP) is 3.34. The zero-order chi connectivity index (χ0) is 20.5. The van der Waals surface area contributed by atoms with Gasteiger partial charge in [0, 0.05) is 38.3 Å². The maximum absolute atomic E-state index is 13.1. The number of aryl methyl sites for hydroxylation is 1. The third-order valence-corrected chi connectivity index (χ3v) is 5.66. The molecular weight excluding hydrogens is 382 g/mol. The Kier molecular flexibility index (Phi) is 4.88. The van der Waals surface area contributed by atoms with Gasteiger partial charge in [-0.15, -0.1) is 0 Å². The van der Waals surface area contributed by atoms with Crippen molar-refractivity contribution in [1.29, 1.82) is 0 Å². The molecule has 0 bridgehead atoms. The summed E-state index contributed by atoms with van der Waals surface area (Å²) in [5.41, 5.74) is 3.52. The van der Waals surface area contributed by atoms with Crippen LogP contribution in [-0.4, -0.2) is 53.7 Å². The van der Waals surface area contributed by atoms with E-state index in [4.69, 9.17) is 13.9 Å². The fraction of sp³-hybridized carbons (Fsp3) is 0.304. The summed E-state index contributed by atoms with van der Waals surface area (Å²) < 4.78 is 16.4. The van der Waals surface area contributed by atoms with Crippen molar-refractivity contribution in [2.45, 2.75) is 13.5 Å². The molecule has 0 saturated carbocycles. The number of ether oxygens (including phenoxy) is 2. The average molecular weight is 405 g/mol. The highest BCUT2D eigenvalue weighted by Crippen LogP contribution is 2.33. The number of carbonyl (C=O) groups excluding carboxylic acids is 1. The van der Waals surface area contributed by atoms with E-state index < -0.39 is 0 Å². The zero-order valence-electron chi connectivity index (χ0n) is 16.8. The van der Waals surface area contributed by atoms with Crippen molar-refractivity contribution in [2.24, 2.45) is 0 Å². The first kappa shape index (κ1) is 18.7. The number of fused-ring (bicyclic) bond motifs is 1. The summed E-state index contributed by atoms with van der Waals surface area (Å²) in [4.78, 5) is 21.5. The van der Waals surface area contributed by atoms with Crippen molar-refractivity contribution in [2.75, 3.05) is 33.0 Å². The number of amides is 1. The maximum Gasteiger partial charge on any atom is 0.276 e. The van der Waals surface area contributed by atoms with Gasteiger partial charge in [0.2, 0.25) is 6.79 Å². The highest BCUT2D eigenvalue weighted by Gasteiger charge is 2.27. The third-order valence-electron chi connectivity index (χ3n) is 5.66. The van der Waals surface area contributed by atoms with Gasteiger partial charge in [0.15, 0.2) is 29.3 Å². The number of piperazine rings is 1. The lowest BCUT2D eigenvalue weighted by Crippen LogP contribution is -2.48. The van der Waals surface area contributed by atoms with Gasteiger partial charge in [-0.3, -0.25) is 9.69 Å². The van der Waals surface area contributed by atoms with Crippen molar-refractivity contribution in [1.82, 2.24) is 14.8 Å². The van der Waals surface area contributed by atoms with Gasteiger partial charge in [0.05, 0.1) is 0 Å². The normalized spacial score (nSPS) is 16.1. The standard InChI is InChI=1S/C23H23N3O4/c1-16-4-2-3-5-18(16)22-21(24-14-28-22)23(27)26-10-8-25(9-11-26)13-17-6-7-19-20(12-17)30-15-29-19/h2-7,12,14H,8-11,13,15H2,1H3. The molecule has 0 N–H and O–H groups in total. The Morgan fingerprint density at radius 2 is 1.83 bits per heavy atom. The van der Waals surface area contributed by atoms with Crippen LogP contribution in [-0.2, 0) is 6.54 Å². The predicted molar refractivity (Wildman–Crippen MR) is 110 cm³/mol. The Hall–Kier alpha value is -3.32. The van der Waals surface area contributed by atoms with Crippen LogP contribution in [0, 0.1) is 6.92 Å². The van der Waals surface area contributed by atoms with Crippen LogP contribution >= 0.6 is 0 Å². The molecule has 1 aromatic heterocycles. The van der Waals surface area contributed by atoms with Crippen molar-refractivity contribution in [3.05, 3.63) is 65.7 Å². The second-order valence-electron chi connectivity index (χ2n) is 7.60. The average Bonchev–Trinajstić information content (AvgIpc) is 3.43. The first-order valence-electron chi connectivity index (χ1n) is 10.1. The Balaban J connectivity index is 1.24. The smallest absolute Gasteiger partial charge is 0.276 e. The van der Waals surface area contributed by atoms with Crippen LogP contribution in [0.2, 0.25) is 0 Å². The van der Waals surface area contributed by atoms with E-state index in [1.165, 1.54) is 12.0 Å². The van der Waals surface area contributed by atoms with E-state index in [0.717, 1.165) is 42.3 Å². The van der Waals surface area contributed by atoms with Crippen LogP contribution < -0.4 is 9.47 Å². The lowest BCUT2D eigenvalue weighted by atomic mass is 10.0. The van der Waals surface area contributed by atoms with Gasteiger partial charge < -0.3 is 18.8 Å². The molecule has 1 saturated heterocycles. The molecule has 0 spiro atoms. The van der Waals surface area contributed by atoms with Crippen LogP contribution in [0.5, 0.6) is 11.5 Å². The van der Waals surface area contributed by atoms with E-state index in [2.05, 4.69) is 16.0 Å². The fourth-order valence-electron chi connectivity index (χ4n) is 3.97. The molecular formula is C23H23N3O4. The van der Waals surface area contributed by atoms with Crippen molar-refractivity contribution < 1.29 is 18.7 Å². The van der Waals surface area contributed by atoms with E-state index in [1.807, 2.05) is 48.2 Å². The number of rotatable bonds is 4. The van der Waals surface area contributed by atoms with Crippen LogP contribution in [0.4, 0.5) is 0 Å². The quantitative estimate of drug-likeness (QED) is 0.663. The molecule has 2 aliphatic rings. The van der Waals surface area contributed by atoms with Gasteiger partial charge in [-0.25, -0.2) is 4.98 Å². The Bertz CT molecular complexity index is 1070. The number of benzene rings is 2. The maximum atomic E-state index is 13.1. The topological polar surface area (TPSA) is 68.0 Å². The number of nitrogens with zero attached hydrogens (tertiary/aromatic N) is 3. The van der Waals surface area contributed by atoms with Gasteiger partial charge in [-0.05, 0) is 30.2 Å². The van der Waals surface area contributed by atoms with E-state index in [-0.39, 0.29) is 12.7 Å². The molecule has 0 radical (unpaired) electrons. The van der Waals surface area contributed by atoms with E-state index in [1.54, 1.807) is 0 Å². The fourth-order valence-corrected chi connectivity index (χ4v) is 3.97. The van der Waals surface area contributed by atoms with Gasteiger partial charge in [0.25, 0.3) is 5.91 Å². The lowest BCUT2D eigenvalue weighted by molar-refractivity contribution is 0.0623. The summed E-state index contributed by atoms with van der Waals surface area (Å²) in [5, 5.41) is 0. The van der Waals surface area contributed by atoms with Crippen LogP contribution in [0.1, 0.15) is 21.6 Å². The molecule has 0 aliphatic carbocycles. The molecule has 1 fully saturated rings. The highest BCUT2D eigenvalue weighted by molar-refractivity contribution is 5.98. The second-order valence-corrected chi connectivity index (χ2v) is 7.60. The lowest BCUT2D eigenvalue weighted by Gasteiger charge is -2.34. The minimum absolute atomic E-state index is 0.0790. The molecule has 30 heavy (non-hydrogen) atoms. The van der Waals surface area contributed by atoms with E-state index in [9.17, 15) is 4.79 Å². The molecule has 2 aromatic carbocycles. The van der Waals surface area contributed by atoms with Gasteiger partial charge in [-0.2, -0.15) is 0 Å². The largest absolute Gasteiger partial charge is 0.454 e. The van der Waals surface area contributed by atoms with E-state index in [0.29, 0.717) is 24.5 Å². The third kappa shape index (κ3) is 3.52. The number of carbonyl (C=O) groups is 1. The second kappa shape index (κ2) is 7.84. The SMILES string of the molecule is Cc1ccccc1-c1ocnc1C(=O)N1CCN(Cc2ccc3c(c2)OCO3)CC1. The Morgan fingerprint density at radius 3 is 2.67 bits per heavy atom. The molecule has 7 nitrogen and oxygen atoms in total. The monoisotopic (exact) mass is 405 g/mol. The van der Waals surface area contributed by atoms with Gasteiger partial charge in [-0.1, -0.05) is 30.3 Å². The first-order valence-corrected chi connectivity index (χ1v) is 10.1. The minimum atomic E-state index is -0.0790. The number of hydrogen-bond acceptors (Lipinski definition) is 6. The summed E-state index contributed by atoms with van der Waals surface area (Å²) >= 11 is 0. The van der Waals surface area contributed by atoms with Crippen molar-refractivity contribution in [3.63, 3.8) is 0 Å². The van der Waals surface area contributed by atoms with Crippen LogP contribution in [0.3, 0.4) is 0 Å². The molecule has 154 valence electrons. The Labute approximate surface area is 174 Å². The van der Waals surface area contributed by atoms with E-state index >= 15 is 0 Å². The molecule has 0 unspecified atom stereocenters. The first-order chi connectivity index (χ1) is 14.7. The molecule has 5 rings (SSSR count). The minimum Gasteiger partial charge on any atom is -0.454 e. The number of oxazole rings is 1. The van der Waals surface area contributed by atoms with Crippen molar-refractivity contribution >= 4 is 5.91 Å².